The van der Waals surface area contributed by atoms with Gasteiger partial charge < -0.3 is 10.3 Å². The maximum Gasteiger partial charge on any atom is 0.222 e. The summed E-state index contributed by atoms with van der Waals surface area (Å²) in [6.45, 7) is 1.44. The number of imidazole rings is 1. The summed E-state index contributed by atoms with van der Waals surface area (Å²) in [4.78, 5) is 22.9. The van der Waals surface area contributed by atoms with Crippen molar-refractivity contribution in [2.45, 2.75) is 6.92 Å². The lowest BCUT2D eigenvalue weighted by atomic mass is 10.1. The highest BCUT2D eigenvalue weighted by atomic mass is 35.5. The molecule has 0 aliphatic rings. The first-order valence-electron chi connectivity index (χ1n) is 8.20. The number of anilines is 1. The highest BCUT2D eigenvalue weighted by molar-refractivity contribution is 6.33. The van der Waals surface area contributed by atoms with Gasteiger partial charge in [-0.2, -0.15) is 5.10 Å². The van der Waals surface area contributed by atoms with E-state index in [-0.39, 0.29) is 5.91 Å². The number of halogens is 1. The molecule has 134 valence electrons. The number of nitrogens with zero attached hydrogens (tertiary/aromatic N) is 4. The Morgan fingerprint density at radius 3 is 2.74 bits per heavy atom. The van der Waals surface area contributed by atoms with Crippen LogP contribution in [0.15, 0.2) is 61.2 Å². The molecule has 0 unspecified atom stereocenters. The number of carbonyl (C=O) groups excluding carboxylic acids is 1. The average molecular weight is 379 g/mol. The minimum atomic E-state index is -0.187. The second kappa shape index (κ2) is 7.05. The molecule has 4 aromatic rings. The topological polar surface area (TPSA) is 88.5 Å². The van der Waals surface area contributed by atoms with Gasteiger partial charge in [0.1, 0.15) is 17.3 Å². The molecule has 2 N–H and O–H groups in total. The molecule has 0 bridgehead atoms. The molecule has 27 heavy (non-hydrogen) atoms. The number of carbonyl (C=O) groups is 1. The minimum Gasteiger partial charge on any atom is -0.345 e. The van der Waals surface area contributed by atoms with E-state index in [1.165, 1.54) is 6.92 Å². The molecule has 0 radical (unpaired) electrons. The summed E-state index contributed by atoms with van der Waals surface area (Å²) in [5.74, 6) is 0.954. The zero-order valence-corrected chi connectivity index (χ0v) is 15.1. The Kier molecular flexibility index (Phi) is 4.43. The Morgan fingerprint density at radius 1 is 1.15 bits per heavy atom. The number of H-pyrrole nitrogens is 1. The van der Waals surface area contributed by atoms with Crippen LogP contribution in [0.25, 0.3) is 28.3 Å². The highest BCUT2D eigenvalue weighted by Gasteiger charge is 2.18. The van der Waals surface area contributed by atoms with Gasteiger partial charge in [0, 0.05) is 43.3 Å². The van der Waals surface area contributed by atoms with Gasteiger partial charge in [0.05, 0.1) is 16.3 Å². The molecule has 0 saturated heterocycles. The van der Waals surface area contributed by atoms with Gasteiger partial charge in [-0.3, -0.25) is 4.79 Å². The average Bonchev–Trinajstić information content (AvgIpc) is 3.31. The van der Waals surface area contributed by atoms with Crippen LogP contribution in [0.2, 0.25) is 5.02 Å². The third-order valence-corrected chi connectivity index (χ3v) is 4.24. The summed E-state index contributed by atoms with van der Waals surface area (Å²) in [5.41, 5.74) is 3.07. The second-order valence-corrected chi connectivity index (χ2v) is 6.24. The Labute approximate surface area is 160 Å². The van der Waals surface area contributed by atoms with E-state index in [1.54, 1.807) is 35.4 Å². The highest BCUT2D eigenvalue weighted by Crippen LogP contribution is 2.34. The molecule has 0 aliphatic carbocycles. The molecule has 3 heterocycles. The zero-order chi connectivity index (χ0) is 18.8. The number of rotatable bonds is 4. The number of aromatic nitrogens is 5. The van der Waals surface area contributed by atoms with E-state index in [2.05, 4.69) is 20.3 Å². The largest absolute Gasteiger partial charge is 0.345 e. The van der Waals surface area contributed by atoms with E-state index in [0.717, 1.165) is 16.8 Å². The van der Waals surface area contributed by atoms with Gasteiger partial charge in [0.15, 0.2) is 0 Å². The van der Waals surface area contributed by atoms with E-state index in [1.807, 2.05) is 30.5 Å². The number of aromatic amines is 1. The molecule has 0 fully saturated rings. The molecule has 0 saturated carbocycles. The van der Waals surface area contributed by atoms with Gasteiger partial charge in [0.25, 0.3) is 0 Å². The lowest BCUT2D eigenvalue weighted by Crippen LogP contribution is -2.08. The first-order valence-corrected chi connectivity index (χ1v) is 8.58. The monoisotopic (exact) mass is 378 g/mol. The smallest absolute Gasteiger partial charge is 0.222 e. The summed E-state index contributed by atoms with van der Waals surface area (Å²) < 4.78 is 1.71. The molecular weight excluding hydrogens is 364 g/mol. The summed E-state index contributed by atoms with van der Waals surface area (Å²) >= 11 is 6.39. The second-order valence-electron chi connectivity index (χ2n) is 5.83. The summed E-state index contributed by atoms with van der Waals surface area (Å²) in [7, 11) is 0. The van der Waals surface area contributed by atoms with Crippen LogP contribution in [-0.4, -0.2) is 30.6 Å². The van der Waals surface area contributed by atoms with Crippen LogP contribution in [-0.2, 0) is 4.79 Å². The van der Waals surface area contributed by atoms with Crippen molar-refractivity contribution in [1.82, 2.24) is 24.7 Å². The number of nitrogens with one attached hydrogen (secondary N) is 2. The fourth-order valence-electron chi connectivity index (χ4n) is 2.75. The predicted molar refractivity (Wildman–Crippen MR) is 104 cm³/mol. The molecule has 7 nitrogen and oxygen atoms in total. The molecular formula is C19H15ClN6O. The fourth-order valence-corrected chi connectivity index (χ4v) is 2.98. The van der Waals surface area contributed by atoms with Crippen molar-refractivity contribution in [2.75, 3.05) is 5.32 Å². The van der Waals surface area contributed by atoms with Crippen LogP contribution >= 0.6 is 11.6 Å². The van der Waals surface area contributed by atoms with Gasteiger partial charge in [-0.05, 0) is 12.1 Å². The van der Waals surface area contributed by atoms with Crippen LogP contribution < -0.4 is 5.32 Å². The third kappa shape index (κ3) is 3.45. The van der Waals surface area contributed by atoms with Crippen LogP contribution in [0.1, 0.15) is 6.92 Å². The number of pyridine rings is 1. The zero-order valence-electron chi connectivity index (χ0n) is 14.3. The minimum absolute atomic E-state index is 0.187. The molecule has 4 rings (SSSR count). The van der Waals surface area contributed by atoms with Crippen molar-refractivity contribution in [2.24, 2.45) is 0 Å². The number of hydrogen-bond acceptors (Lipinski definition) is 4. The standard InChI is InChI=1S/C19H15ClN6O/c1-12(27)24-17-10-13(6-7-21-17)26-11-15(19-22-8-9-23-19)18(25-26)14-4-2-3-5-16(14)20/h2-11H,1H3,(H,22,23)(H,21,24,27). The van der Waals surface area contributed by atoms with Crippen LogP contribution in [0, 0.1) is 0 Å². The van der Waals surface area contributed by atoms with E-state index >= 15 is 0 Å². The van der Waals surface area contributed by atoms with Gasteiger partial charge in [-0.25, -0.2) is 14.6 Å². The number of benzene rings is 1. The van der Waals surface area contributed by atoms with Crippen molar-refractivity contribution in [1.29, 1.82) is 0 Å². The van der Waals surface area contributed by atoms with E-state index in [4.69, 9.17) is 16.7 Å². The van der Waals surface area contributed by atoms with Crippen molar-refractivity contribution in [3.05, 3.63) is 66.2 Å². The van der Waals surface area contributed by atoms with Crippen LogP contribution in [0.5, 0.6) is 0 Å². The number of hydrogen-bond donors (Lipinski definition) is 2. The van der Waals surface area contributed by atoms with E-state index in [9.17, 15) is 4.79 Å². The first-order chi connectivity index (χ1) is 13.1. The Bertz CT molecular complexity index is 1100. The maximum absolute atomic E-state index is 11.3. The van der Waals surface area contributed by atoms with Crippen molar-refractivity contribution < 1.29 is 4.79 Å². The Balaban J connectivity index is 1.85. The lowest BCUT2D eigenvalue weighted by molar-refractivity contribution is -0.114. The van der Waals surface area contributed by atoms with Gasteiger partial charge in [-0.15, -0.1) is 0 Å². The van der Waals surface area contributed by atoms with E-state index in [0.29, 0.717) is 22.4 Å². The molecule has 0 aliphatic heterocycles. The third-order valence-electron chi connectivity index (χ3n) is 3.91. The summed E-state index contributed by atoms with van der Waals surface area (Å²) in [6.07, 6.45) is 6.92. The van der Waals surface area contributed by atoms with Crippen molar-refractivity contribution in [3.8, 4) is 28.3 Å². The molecule has 0 spiro atoms. The summed E-state index contributed by atoms with van der Waals surface area (Å²) in [6, 6.07) is 11.1. The lowest BCUT2D eigenvalue weighted by Gasteiger charge is -2.05. The van der Waals surface area contributed by atoms with Crippen LogP contribution in [0.4, 0.5) is 5.82 Å². The van der Waals surface area contributed by atoms with Crippen LogP contribution in [0.3, 0.4) is 0 Å². The van der Waals surface area contributed by atoms with Gasteiger partial charge in [-0.1, -0.05) is 29.8 Å². The van der Waals surface area contributed by atoms with Crippen molar-refractivity contribution >= 4 is 23.3 Å². The maximum atomic E-state index is 11.3. The Morgan fingerprint density at radius 2 is 2.00 bits per heavy atom. The SMILES string of the molecule is CC(=O)Nc1cc(-n2cc(-c3ncc[nH]3)c(-c3ccccc3Cl)n2)ccn1. The first kappa shape index (κ1) is 17.0. The Hall–Kier alpha value is -3.45. The molecule has 3 aromatic heterocycles. The molecule has 0 atom stereocenters. The number of amides is 1. The molecule has 1 amide bonds. The molecule has 8 heteroatoms. The van der Waals surface area contributed by atoms with Crippen molar-refractivity contribution in [3.63, 3.8) is 0 Å². The predicted octanol–water partition coefficient (Wildman–Crippen LogP) is 3.94. The van der Waals surface area contributed by atoms with E-state index < -0.39 is 0 Å². The normalized spacial score (nSPS) is 10.7. The van der Waals surface area contributed by atoms with Gasteiger partial charge in [0.2, 0.25) is 5.91 Å². The molecule has 1 aromatic carbocycles. The summed E-state index contributed by atoms with van der Waals surface area (Å²) in [5, 5.41) is 7.99. The fraction of sp³-hybridized carbons (Fsp3) is 0.0526. The van der Waals surface area contributed by atoms with Gasteiger partial charge >= 0.3 is 0 Å². The quantitative estimate of drug-likeness (QED) is 0.563.